The van der Waals surface area contributed by atoms with Crippen LogP contribution in [0.4, 0.5) is 0 Å². The molecule has 0 saturated heterocycles. The van der Waals surface area contributed by atoms with E-state index >= 15 is 0 Å². The van der Waals surface area contributed by atoms with Crippen molar-refractivity contribution < 1.29 is 14.4 Å². The van der Waals surface area contributed by atoms with Gasteiger partial charge in [-0.25, -0.2) is 0 Å². The Hall–Kier alpha value is -1.88. The minimum atomic E-state index is -0.174. The Bertz CT molecular complexity index is 574. The first-order valence-corrected chi connectivity index (χ1v) is 6.92. The largest absolute Gasteiger partial charge is 0.497 e. The summed E-state index contributed by atoms with van der Waals surface area (Å²) in [4.78, 5) is 4.49. The highest BCUT2D eigenvalue weighted by molar-refractivity contribution is 5.56. The van der Waals surface area contributed by atoms with Crippen LogP contribution in [-0.2, 0) is 0 Å². The van der Waals surface area contributed by atoms with Crippen LogP contribution in [0.15, 0.2) is 28.8 Å². The summed E-state index contributed by atoms with van der Waals surface area (Å²) in [5.41, 5.74) is 0.884. The van der Waals surface area contributed by atoms with Crippen molar-refractivity contribution in [3.05, 3.63) is 30.2 Å². The lowest BCUT2D eigenvalue weighted by Crippen LogP contribution is -2.17. The molecule has 3 rings (SSSR count). The van der Waals surface area contributed by atoms with Gasteiger partial charge in [-0.15, -0.1) is 0 Å². The van der Waals surface area contributed by atoms with Crippen molar-refractivity contribution in [1.29, 1.82) is 0 Å². The molecular weight excluding hydrogens is 256 g/mol. The van der Waals surface area contributed by atoms with Crippen molar-refractivity contribution in [2.45, 2.75) is 37.7 Å². The smallest absolute Gasteiger partial charge is 0.230 e. The van der Waals surface area contributed by atoms with Gasteiger partial charge in [0.25, 0.3) is 0 Å². The van der Waals surface area contributed by atoms with E-state index in [1.165, 1.54) is 0 Å². The van der Waals surface area contributed by atoms with Crippen LogP contribution in [0.25, 0.3) is 11.4 Å². The molecule has 0 atom stereocenters. The number of hydrogen-bond donors (Lipinski definition) is 1. The van der Waals surface area contributed by atoms with Gasteiger partial charge in [0.05, 0.1) is 13.2 Å². The number of ether oxygens (including phenoxy) is 1. The predicted molar refractivity (Wildman–Crippen MR) is 73.5 cm³/mol. The second-order valence-corrected chi connectivity index (χ2v) is 5.19. The van der Waals surface area contributed by atoms with Crippen molar-refractivity contribution in [2.24, 2.45) is 0 Å². The number of benzene rings is 1. The molecule has 1 heterocycles. The molecule has 1 saturated carbocycles. The second-order valence-electron chi connectivity index (χ2n) is 5.19. The van der Waals surface area contributed by atoms with Gasteiger partial charge in [-0.3, -0.25) is 0 Å². The van der Waals surface area contributed by atoms with Gasteiger partial charge in [0.2, 0.25) is 11.7 Å². The Labute approximate surface area is 117 Å². The van der Waals surface area contributed by atoms with Gasteiger partial charge in [-0.1, -0.05) is 17.3 Å². The topological polar surface area (TPSA) is 68.4 Å². The van der Waals surface area contributed by atoms with Crippen LogP contribution >= 0.6 is 0 Å². The van der Waals surface area contributed by atoms with Crippen molar-refractivity contribution in [2.75, 3.05) is 7.11 Å². The zero-order valence-electron chi connectivity index (χ0n) is 11.5. The van der Waals surface area contributed by atoms with Crippen LogP contribution in [0, 0.1) is 0 Å². The molecule has 1 aliphatic rings. The van der Waals surface area contributed by atoms with Gasteiger partial charge in [0, 0.05) is 11.5 Å². The number of rotatable bonds is 3. The highest BCUT2D eigenvalue weighted by Gasteiger charge is 2.25. The number of hydrogen-bond acceptors (Lipinski definition) is 5. The Morgan fingerprint density at radius 1 is 1.25 bits per heavy atom. The Morgan fingerprint density at radius 3 is 2.80 bits per heavy atom. The number of nitrogens with zero attached hydrogens (tertiary/aromatic N) is 2. The molecule has 1 aliphatic carbocycles. The third kappa shape index (κ3) is 2.67. The van der Waals surface area contributed by atoms with Crippen molar-refractivity contribution in [3.8, 4) is 17.1 Å². The highest BCUT2D eigenvalue weighted by Crippen LogP contribution is 2.33. The van der Waals surface area contributed by atoms with Crippen LogP contribution < -0.4 is 4.74 Å². The Balaban J connectivity index is 1.79. The fourth-order valence-electron chi connectivity index (χ4n) is 2.60. The van der Waals surface area contributed by atoms with Crippen LogP contribution in [0.5, 0.6) is 5.75 Å². The lowest BCUT2D eigenvalue weighted by molar-refractivity contribution is 0.116. The molecule has 1 aromatic heterocycles. The summed E-state index contributed by atoms with van der Waals surface area (Å²) in [5.74, 6) is 2.31. The van der Waals surface area contributed by atoms with E-state index in [2.05, 4.69) is 10.1 Å². The summed E-state index contributed by atoms with van der Waals surface area (Å²) in [5, 5.41) is 13.6. The first-order valence-electron chi connectivity index (χ1n) is 6.92. The maximum atomic E-state index is 9.53. The SMILES string of the molecule is COc1cccc(-c2noc(C3CCC(O)CC3)n2)c1. The summed E-state index contributed by atoms with van der Waals surface area (Å²) < 4.78 is 10.6. The lowest BCUT2D eigenvalue weighted by Gasteiger charge is -2.22. The molecule has 0 unspecified atom stereocenters. The zero-order chi connectivity index (χ0) is 13.9. The first-order chi connectivity index (χ1) is 9.76. The molecule has 1 fully saturated rings. The lowest BCUT2D eigenvalue weighted by atomic mass is 9.87. The van der Waals surface area contributed by atoms with Crippen LogP contribution in [0.3, 0.4) is 0 Å². The summed E-state index contributed by atoms with van der Waals surface area (Å²) in [6.07, 6.45) is 3.25. The molecule has 1 aromatic carbocycles. The maximum Gasteiger partial charge on any atom is 0.230 e. The monoisotopic (exact) mass is 274 g/mol. The first kappa shape index (κ1) is 13.1. The Morgan fingerprint density at radius 2 is 2.05 bits per heavy atom. The number of aromatic nitrogens is 2. The van der Waals surface area contributed by atoms with Gasteiger partial charge >= 0.3 is 0 Å². The van der Waals surface area contributed by atoms with Gasteiger partial charge < -0.3 is 14.4 Å². The summed E-state index contributed by atoms with van der Waals surface area (Å²) in [7, 11) is 1.63. The minimum Gasteiger partial charge on any atom is -0.497 e. The second kappa shape index (κ2) is 5.63. The van der Waals surface area contributed by atoms with E-state index < -0.39 is 0 Å². The van der Waals surface area contributed by atoms with E-state index in [1.54, 1.807) is 7.11 Å². The summed E-state index contributed by atoms with van der Waals surface area (Å²) >= 11 is 0. The van der Waals surface area contributed by atoms with Gasteiger partial charge in [0.15, 0.2) is 0 Å². The third-order valence-corrected chi connectivity index (χ3v) is 3.82. The Kier molecular flexibility index (Phi) is 3.69. The number of methoxy groups -OCH3 is 1. The molecule has 5 heteroatoms. The minimum absolute atomic E-state index is 0.174. The fraction of sp³-hybridized carbons (Fsp3) is 0.467. The molecule has 0 bridgehead atoms. The molecule has 0 amide bonds. The van der Waals surface area contributed by atoms with Gasteiger partial charge in [-0.2, -0.15) is 4.98 Å². The van der Waals surface area contributed by atoms with Crippen LogP contribution in [-0.4, -0.2) is 28.5 Å². The molecule has 106 valence electrons. The van der Waals surface area contributed by atoms with Crippen molar-refractivity contribution in [3.63, 3.8) is 0 Å². The van der Waals surface area contributed by atoms with E-state index in [1.807, 2.05) is 24.3 Å². The van der Waals surface area contributed by atoms with E-state index in [-0.39, 0.29) is 12.0 Å². The maximum absolute atomic E-state index is 9.53. The molecule has 0 aliphatic heterocycles. The number of aliphatic hydroxyl groups is 1. The van der Waals surface area contributed by atoms with E-state index in [4.69, 9.17) is 9.26 Å². The highest BCUT2D eigenvalue weighted by atomic mass is 16.5. The molecule has 0 spiro atoms. The van der Waals surface area contributed by atoms with E-state index in [0.717, 1.165) is 37.0 Å². The average Bonchev–Trinajstić information content (AvgIpc) is 2.98. The molecule has 5 nitrogen and oxygen atoms in total. The summed E-state index contributed by atoms with van der Waals surface area (Å²) in [6.45, 7) is 0. The number of aliphatic hydroxyl groups excluding tert-OH is 1. The van der Waals surface area contributed by atoms with E-state index in [0.29, 0.717) is 11.7 Å². The standard InChI is InChI=1S/C15H18N2O3/c1-19-13-4-2-3-11(9-13)14-16-15(20-17-14)10-5-7-12(18)8-6-10/h2-4,9-10,12,18H,5-8H2,1H3. The fourth-order valence-corrected chi connectivity index (χ4v) is 2.60. The van der Waals surface area contributed by atoms with Gasteiger partial charge in [0.1, 0.15) is 5.75 Å². The van der Waals surface area contributed by atoms with Crippen LogP contribution in [0.2, 0.25) is 0 Å². The van der Waals surface area contributed by atoms with Crippen molar-refractivity contribution >= 4 is 0 Å². The van der Waals surface area contributed by atoms with Crippen LogP contribution in [0.1, 0.15) is 37.5 Å². The summed E-state index contributed by atoms with van der Waals surface area (Å²) in [6, 6.07) is 7.61. The zero-order valence-corrected chi connectivity index (χ0v) is 11.5. The molecular formula is C15H18N2O3. The quantitative estimate of drug-likeness (QED) is 0.932. The molecule has 0 radical (unpaired) electrons. The van der Waals surface area contributed by atoms with E-state index in [9.17, 15) is 5.11 Å². The third-order valence-electron chi connectivity index (χ3n) is 3.82. The molecule has 1 N–H and O–H groups in total. The van der Waals surface area contributed by atoms with Crippen molar-refractivity contribution in [1.82, 2.24) is 10.1 Å². The predicted octanol–water partition coefficient (Wildman–Crippen LogP) is 2.76. The molecule has 20 heavy (non-hydrogen) atoms. The van der Waals surface area contributed by atoms with Gasteiger partial charge in [-0.05, 0) is 37.8 Å². The molecule has 2 aromatic rings. The average molecular weight is 274 g/mol. The normalized spacial score (nSPS) is 22.7.